The van der Waals surface area contributed by atoms with Crippen LogP contribution in [0.15, 0.2) is 42.5 Å². The topological polar surface area (TPSA) is 102 Å². The zero-order valence-electron chi connectivity index (χ0n) is 15.5. The van der Waals surface area contributed by atoms with E-state index in [1.165, 1.54) is 0 Å². The third-order valence-corrected chi connectivity index (χ3v) is 4.13. The van der Waals surface area contributed by atoms with Crippen LogP contribution in [0, 0.1) is 11.6 Å². The summed E-state index contributed by atoms with van der Waals surface area (Å²) in [4.78, 5) is 21.2. The van der Waals surface area contributed by atoms with E-state index in [2.05, 4.69) is 5.32 Å². The molecule has 0 aromatic heterocycles. The van der Waals surface area contributed by atoms with Gasteiger partial charge >= 0.3 is 12.1 Å². The SMILES string of the molecule is NC(C(=O)NC1c2ccccc2OCC1F)c1ccc(F)cc1F.O=C(O)C(F)(F)F. The molecule has 1 aliphatic heterocycles. The lowest BCUT2D eigenvalue weighted by Gasteiger charge is -2.30. The molecule has 2 aromatic rings. The van der Waals surface area contributed by atoms with E-state index in [1.54, 1.807) is 24.3 Å². The van der Waals surface area contributed by atoms with Crippen molar-refractivity contribution in [1.29, 1.82) is 0 Å². The number of alkyl halides is 4. The van der Waals surface area contributed by atoms with Gasteiger partial charge in [0.25, 0.3) is 0 Å². The summed E-state index contributed by atoms with van der Waals surface area (Å²) >= 11 is 0. The summed E-state index contributed by atoms with van der Waals surface area (Å²) < 4.78 is 77.9. The predicted molar refractivity (Wildman–Crippen MR) is 94.7 cm³/mol. The molecule has 6 nitrogen and oxygen atoms in total. The normalized spacial score (nSPS) is 18.5. The summed E-state index contributed by atoms with van der Waals surface area (Å²) in [5.74, 6) is -4.75. The molecule has 2 aromatic carbocycles. The van der Waals surface area contributed by atoms with E-state index in [-0.39, 0.29) is 12.2 Å². The highest BCUT2D eigenvalue weighted by Gasteiger charge is 2.38. The number of benzene rings is 2. The molecular formula is C19H16F6N2O4. The first kappa shape index (κ1) is 24.0. The van der Waals surface area contributed by atoms with Crippen LogP contribution in [0.3, 0.4) is 0 Å². The van der Waals surface area contributed by atoms with Gasteiger partial charge in [-0.15, -0.1) is 0 Å². The van der Waals surface area contributed by atoms with Crippen molar-refractivity contribution >= 4 is 11.9 Å². The van der Waals surface area contributed by atoms with Gasteiger partial charge in [-0.25, -0.2) is 18.0 Å². The van der Waals surface area contributed by atoms with Crippen molar-refractivity contribution in [3.05, 3.63) is 65.2 Å². The Morgan fingerprint density at radius 1 is 1.16 bits per heavy atom. The van der Waals surface area contributed by atoms with E-state index in [0.717, 1.165) is 12.1 Å². The summed E-state index contributed by atoms with van der Waals surface area (Å²) in [6.45, 7) is -0.206. The van der Waals surface area contributed by atoms with Gasteiger partial charge in [-0.2, -0.15) is 13.2 Å². The summed E-state index contributed by atoms with van der Waals surface area (Å²) in [5.41, 5.74) is 6.06. The van der Waals surface area contributed by atoms with E-state index < -0.39 is 47.9 Å². The highest BCUT2D eigenvalue weighted by atomic mass is 19.4. The molecule has 0 bridgehead atoms. The molecule has 1 aliphatic rings. The first-order valence-electron chi connectivity index (χ1n) is 8.58. The van der Waals surface area contributed by atoms with Gasteiger partial charge in [0, 0.05) is 17.2 Å². The third kappa shape index (κ3) is 6.10. The Morgan fingerprint density at radius 3 is 2.35 bits per heavy atom. The highest BCUT2D eigenvalue weighted by Crippen LogP contribution is 2.33. The van der Waals surface area contributed by atoms with Crippen molar-refractivity contribution in [1.82, 2.24) is 5.32 Å². The van der Waals surface area contributed by atoms with Gasteiger partial charge in [0.15, 0.2) is 6.17 Å². The second-order valence-electron chi connectivity index (χ2n) is 6.30. The predicted octanol–water partition coefficient (Wildman–Crippen LogP) is 3.19. The molecule has 31 heavy (non-hydrogen) atoms. The standard InChI is InChI=1S/C17H15F3N2O2.C2HF3O2/c18-9-5-6-10(12(19)7-9)15(21)17(23)22-16-11-3-1-2-4-14(11)24-8-13(16)20;3-2(4,5)1(6)7/h1-7,13,15-16H,8,21H2,(H,22,23);(H,6,7). The van der Waals surface area contributed by atoms with Gasteiger partial charge < -0.3 is 20.9 Å². The van der Waals surface area contributed by atoms with E-state index >= 15 is 0 Å². The van der Waals surface area contributed by atoms with Gasteiger partial charge in [-0.1, -0.05) is 24.3 Å². The number of hydrogen-bond donors (Lipinski definition) is 3. The number of carboxylic acid groups (broad SMARTS) is 1. The molecule has 4 N–H and O–H groups in total. The van der Waals surface area contributed by atoms with E-state index in [4.69, 9.17) is 20.4 Å². The molecule has 1 amide bonds. The second kappa shape index (κ2) is 9.69. The minimum Gasteiger partial charge on any atom is -0.490 e. The number of carbonyl (C=O) groups is 2. The average Bonchev–Trinajstić information content (AvgIpc) is 2.69. The summed E-state index contributed by atoms with van der Waals surface area (Å²) in [5, 5.41) is 9.61. The van der Waals surface area contributed by atoms with Crippen LogP contribution in [-0.4, -0.2) is 35.9 Å². The molecule has 3 rings (SSSR count). The fourth-order valence-electron chi connectivity index (χ4n) is 2.64. The maximum Gasteiger partial charge on any atom is 0.490 e. The first-order chi connectivity index (χ1) is 14.4. The zero-order chi connectivity index (χ0) is 23.3. The average molecular weight is 450 g/mol. The van der Waals surface area contributed by atoms with Crippen LogP contribution in [-0.2, 0) is 9.59 Å². The lowest BCUT2D eigenvalue weighted by Crippen LogP contribution is -2.43. The number of para-hydroxylation sites is 1. The quantitative estimate of drug-likeness (QED) is 0.624. The molecule has 0 saturated carbocycles. The van der Waals surface area contributed by atoms with Crippen LogP contribution in [0.2, 0.25) is 0 Å². The molecule has 1 heterocycles. The minimum absolute atomic E-state index is 0.162. The molecular weight excluding hydrogens is 434 g/mol. The summed E-state index contributed by atoms with van der Waals surface area (Å²) in [6, 6.07) is 7.15. The number of rotatable bonds is 3. The molecule has 168 valence electrons. The number of amides is 1. The number of ether oxygens (including phenoxy) is 1. The van der Waals surface area contributed by atoms with Gasteiger partial charge in [-0.3, -0.25) is 4.79 Å². The smallest absolute Gasteiger partial charge is 0.490 e. The molecule has 3 atom stereocenters. The van der Waals surface area contributed by atoms with Crippen LogP contribution < -0.4 is 15.8 Å². The zero-order valence-corrected chi connectivity index (χ0v) is 15.5. The Hall–Kier alpha value is -3.28. The number of aliphatic carboxylic acids is 1. The van der Waals surface area contributed by atoms with E-state index in [0.29, 0.717) is 17.4 Å². The van der Waals surface area contributed by atoms with Gasteiger partial charge in [0.1, 0.15) is 30.0 Å². The molecule has 3 unspecified atom stereocenters. The molecule has 0 fully saturated rings. The Bertz CT molecular complexity index is 953. The molecule has 0 saturated heterocycles. The Kier molecular flexibility index (Phi) is 7.50. The largest absolute Gasteiger partial charge is 0.490 e. The number of carbonyl (C=O) groups excluding carboxylic acids is 1. The Balaban J connectivity index is 0.000000423. The van der Waals surface area contributed by atoms with Crippen LogP contribution >= 0.6 is 0 Å². The van der Waals surface area contributed by atoms with E-state index in [1.807, 2.05) is 0 Å². The second-order valence-corrected chi connectivity index (χ2v) is 6.30. The molecule has 12 heteroatoms. The highest BCUT2D eigenvalue weighted by molar-refractivity contribution is 5.83. The van der Waals surface area contributed by atoms with Gasteiger partial charge in [-0.05, 0) is 12.1 Å². The number of carboxylic acids is 1. The molecule has 0 radical (unpaired) electrons. The van der Waals surface area contributed by atoms with Crippen molar-refractivity contribution in [3.8, 4) is 5.75 Å². The van der Waals surface area contributed by atoms with Crippen LogP contribution in [0.5, 0.6) is 5.75 Å². The number of fused-ring (bicyclic) bond motifs is 1. The Labute approximate surface area is 171 Å². The lowest BCUT2D eigenvalue weighted by atomic mass is 9.98. The van der Waals surface area contributed by atoms with Gasteiger partial charge in [0.05, 0.1) is 6.04 Å². The number of hydrogen-bond acceptors (Lipinski definition) is 4. The number of nitrogens with two attached hydrogens (primary N) is 1. The monoisotopic (exact) mass is 450 g/mol. The third-order valence-electron chi connectivity index (χ3n) is 4.13. The fraction of sp³-hybridized carbons (Fsp3) is 0.263. The Morgan fingerprint density at radius 2 is 1.77 bits per heavy atom. The molecule has 0 aliphatic carbocycles. The number of halogens is 6. The maximum atomic E-state index is 14.2. The van der Waals surface area contributed by atoms with Crippen LogP contribution in [0.25, 0.3) is 0 Å². The van der Waals surface area contributed by atoms with Crippen LogP contribution in [0.1, 0.15) is 23.2 Å². The van der Waals surface area contributed by atoms with Crippen molar-refractivity contribution in [2.75, 3.05) is 6.61 Å². The van der Waals surface area contributed by atoms with Crippen LogP contribution in [0.4, 0.5) is 26.3 Å². The lowest BCUT2D eigenvalue weighted by molar-refractivity contribution is -0.192. The molecule has 0 spiro atoms. The van der Waals surface area contributed by atoms with E-state index in [9.17, 15) is 31.1 Å². The summed E-state index contributed by atoms with van der Waals surface area (Å²) in [7, 11) is 0. The van der Waals surface area contributed by atoms with Crippen molar-refractivity contribution in [2.24, 2.45) is 5.73 Å². The minimum atomic E-state index is -5.08. The van der Waals surface area contributed by atoms with Crippen molar-refractivity contribution in [2.45, 2.75) is 24.4 Å². The van der Waals surface area contributed by atoms with Crippen molar-refractivity contribution < 1.29 is 45.8 Å². The van der Waals surface area contributed by atoms with Crippen molar-refractivity contribution in [3.63, 3.8) is 0 Å². The maximum absolute atomic E-state index is 14.2. The first-order valence-corrected chi connectivity index (χ1v) is 8.58. The van der Waals surface area contributed by atoms with Gasteiger partial charge in [0.2, 0.25) is 5.91 Å². The fourth-order valence-corrected chi connectivity index (χ4v) is 2.64. The summed E-state index contributed by atoms with van der Waals surface area (Å²) in [6.07, 6.45) is -6.55. The number of nitrogens with one attached hydrogen (secondary N) is 1.